The van der Waals surface area contributed by atoms with E-state index < -0.39 is 0 Å². The van der Waals surface area contributed by atoms with Gasteiger partial charge in [-0.1, -0.05) is 59.6 Å². The van der Waals surface area contributed by atoms with Gasteiger partial charge in [0.2, 0.25) is 5.91 Å². The number of carbonyl (C=O) groups excluding carboxylic acids is 2. The monoisotopic (exact) mass is 659 g/mol. The van der Waals surface area contributed by atoms with Gasteiger partial charge in [-0.2, -0.15) is 0 Å². The van der Waals surface area contributed by atoms with E-state index in [2.05, 4.69) is 41.0 Å². The number of nitrogens with one attached hydrogen (secondary N) is 2. The van der Waals surface area contributed by atoms with Crippen molar-refractivity contribution in [3.05, 3.63) is 105 Å². The van der Waals surface area contributed by atoms with Crippen LogP contribution in [0.15, 0.2) is 72.8 Å². The SMILES string of the molecule is Cc1cc(Cl)c(OCCOc2ccc(C(=O)NC3CCNCC3C(=O)N(Cc3ccc4ccccc4c3)C3CC3)c(C)c2)c(Cl)c1. The highest BCUT2D eigenvalue weighted by Gasteiger charge is 2.40. The molecule has 6 rings (SSSR count). The number of ether oxygens (including phenoxy) is 2. The molecule has 2 fully saturated rings. The number of nitrogens with zero attached hydrogens (tertiary/aromatic N) is 1. The minimum atomic E-state index is -0.336. The lowest BCUT2D eigenvalue weighted by Crippen LogP contribution is -2.55. The van der Waals surface area contributed by atoms with Crippen LogP contribution in [0.4, 0.5) is 0 Å². The van der Waals surface area contributed by atoms with Crippen molar-refractivity contribution in [3.63, 3.8) is 0 Å². The van der Waals surface area contributed by atoms with E-state index in [4.69, 9.17) is 32.7 Å². The Morgan fingerprint density at radius 2 is 1.63 bits per heavy atom. The summed E-state index contributed by atoms with van der Waals surface area (Å²) in [5.74, 6) is 0.640. The molecule has 7 nitrogen and oxygen atoms in total. The Morgan fingerprint density at radius 1 is 0.891 bits per heavy atom. The fourth-order valence-corrected chi connectivity index (χ4v) is 6.87. The highest BCUT2D eigenvalue weighted by molar-refractivity contribution is 6.37. The molecule has 1 aliphatic heterocycles. The van der Waals surface area contributed by atoms with E-state index in [9.17, 15) is 9.59 Å². The number of rotatable bonds is 11. The van der Waals surface area contributed by atoms with Gasteiger partial charge in [0, 0.05) is 30.7 Å². The summed E-state index contributed by atoms with van der Waals surface area (Å²) in [6.07, 6.45) is 2.72. The molecule has 2 N–H and O–H groups in total. The summed E-state index contributed by atoms with van der Waals surface area (Å²) < 4.78 is 11.6. The second kappa shape index (κ2) is 14.3. The molecule has 9 heteroatoms. The summed E-state index contributed by atoms with van der Waals surface area (Å²) >= 11 is 12.5. The third-order valence-corrected chi connectivity index (χ3v) is 9.30. The van der Waals surface area contributed by atoms with Crippen molar-refractivity contribution in [1.29, 1.82) is 0 Å². The van der Waals surface area contributed by atoms with Crippen LogP contribution >= 0.6 is 23.2 Å². The summed E-state index contributed by atoms with van der Waals surface area (Å²) in [5.41, 5.74) is 3.42. The predicted octanol–water partition coefficient (Wildman–Crippen LogP) is 7.12. The first kappa shape index (κ1) is 32.2. The molecule has 1 saturated carbocycles. The molecule has 2 aliphatic rings. The number of piperidine rings is 1. The quantitative estimate of drug-likeness (QED) is 0.168. The maximum absolute atomic E-state index is 14.0. The maximum atomic E-state index is 14.0. The van der Waals surface area contributed by atoms with Crippen molar-refractivity contribution in [2.24, 2.45) is 5.92 Å². The summed E-state index contributed by atoms with van der Waals surface area (Å²) in [4.78, 5) is 29.6. The van der Waals surface area contributed by atoms with Crippen molar-refractivity contribution in [3.8, 4) is 11.5 Å². The van der Waals surface area contributed by atoms with Crippen LogP contribution in [-0.2, 0) is 11.3 Å². The number of aryl methyl sites for hydroxylation is 2. The van der Waals surface area contributed by atoms with Crippen LogP contribution in [0.2, 0.25) is 10.0 Å². The third kappa shape index (κ3) is 7.60. The molecule has 0 aromatic heterocycles. The fourth-order valence-electron chi connectivity index (χ4n) is 6.17. The fraction of sp³-hybridized carbons (Fsp3) is 0.351. The molecule has 4 aromatic rings. The Balaban J connectivity index is 1.07. The molecular weight excluding hydrogens is 621 g/mol. The standard InChI is InChI=1S/C37H39Cl2N3O4/c1-23-17-32(38)35(33(39)18-23)46-16-15-45-29-11-12-30(24(2)19-29)36(43)41-34-13-14-40-21-31(34)37(44)42(28-9-10-28)22-25-7-8-26-5-3-4-6-27(26)20-25/h3-8,11-12,17-20,28,31,34,40H,9-10,13-16,21-22H2,1-2H3,(H,41,43). The van der Waals surface area contributed by atoms with Gasteiger partial charge in [0.1, 0.15) is 19.0 Å². The Bertz CT molecular complexity index is 1720. The van der Waals surface area contributed by atoms with Crippen LogP contribution in [0.25, 0.3) is 10.8 Å². The Hall–Kier alpha value is -3.78. The number of hydrogen-bond acceptors (Lipinski definition) is 5. The molecule has 1 saturated heterocycles. The van der Waals surface area contributed by atoms with E-state index in [0.29, 0.717) is 46.6 Å². The van der Waals surface area contributed by atoms with Crippen molar-refractivity contribution in [2.45, 2.75) is 51.7 Å². The van der Waals surface area contributed by atoms with Crippen molar-refractivity contribution >= 4 is 45.8 Å². The van der Waals surface area contributed by atoms with E-state index in [1.54, 1.807) is 24.3 Å². The largest absolute Gasteiger partial charge is 0.490 e. The molecule has 1 aliphatic carbocycles. The highest BCUT2D eigenvalue weighted by atomic mass is 35.5. The van der Waals surface area contributed by atoms with Crippen LogP contribution in [0, 0.1) is 19.8 Å². The smallest absolute Gasteiger partial charge is 0.251 e. The second-order valence-electron chi connectivity index (χ2n) is 12.3. The van der Waals surface area contributed by atoms with Gasteiger partial charge in [-0.25, -0.2) is 0 Å². The molecule has 0 radical (unpaired) electrons. The number of amides is 2. The zero-order chi connectivity index (χ0) is 32.2. The third-order valence-electron chi connectivity index (χ3n) is 8.74. The first-order chi connectivity index (χ1) is 22.3. The van der Waals surface area contributed by atoms with E-state index in [1.807, 2.05) is 36.9 Å². The molecule has 0 bridgehead atoms. The summed E-state index contributed by atoms with van der Waals surface area (Å²) in [5, 5.41) is 9.86. The van der Waals surface area contributed by atoms with E-state index in [0.717, 1.165) is 36.1 Å². The average Bonchev–Trinajstić information content (AvgIpc) is 3.88. The van der Waals surface area contributed by atoms with Crippen molar-refractivity contribution in [1.82, 2.24) is 15.5 Å². The molecular formula is C37H39Cl2N3O4. The molecule has 0 spiro atoms. The van der Waals surface area contributed by atoms with Crippen LogP contribution in [-0.4, -0.2) is 55.1 Å². The number of hydrogen-bond donors (Lipinski definition) is 2. The maximum Gasteiger partial charge on any atom is 0.251 e. The molecule has 46 heavy (non-hydrogen) atoms. The van der Waals surface area contributed by atoms with Gasteiger partial charge in [-0.05, 0) is 104 Å². The lowest BCUT2D eigenvalue weighted by Gasteiger charge is -2.36. The van der Waals surface area contributed by atoms with Gasteiger partial charge in [-0.15, -0.1) is 0 Å². The topological polar surface area (TPSA) is 79.9 Å². The Kier molecular flexibility index (Phi) is 10.0. The lowest BCUT2D eigenvalue weighted by atomic mass is 9.91. The highest BCUT2D eigenvalue weighted by Crippen LogP contribution is 2.34. The molecule has 2 unspecified atom stereocenters. The summed E-state index contributed by atoms with van der Waals surface area (Å²) in [6.45, 7) is 6.19. The van der Waals surface area contributed by atoms with Crippen LogP contribution in [0.1, 0.15) is 46.3 Å². The number of halogens is 2. The number of fused-ring (bicyclic) bond motifs is 1. The van der Waals surface area contributed by atoms with Crippen LogP contribution in [0.3, 0.4) is 0 Å². The van der Waals surface area contributed by atoms with Gasteiger partial charge in [0.05, 0.1) is 16.0 Å². The molecule has 4 aromatic carbocycles. The average molecular weight is 661 g/mol. The number of benzene rings is 4. The van der Waals surface area contributed by atoms with E-state index in [1.165, 1.54) is 10.8 Å². The van der Waals surface area contributed by atoms with E-state index >= 15 is 0 Å². The van der Waals surface area contributed by atoms with Crippen LogP contribution in [0.5, 0.6) is 11.5 Å². The van der Waals surface area contributed by atoms with Crippen molar-refractivity contribution < 1.29 is 19.1 Å². The normalized spacial score (nSPS) is 17.8. The van der Waals surface area contributed by atoms with Gasteiger partial charge >= 0.3 is 0 Å². The van der Waals surface area contributed by atoms with Gasteiger partial charge in [-0.3, -0.25) is 9.59 Å². The number of carbonyl (C=O) groups is 2. The minimum absolute atomic E-state index is 0.101. The van der Waals surface area contributed by atoms with Gasteiger partial charge < -0.3 is 25.0 Å². The summed E-state index contributed by atoms with van der Waals surface area (Å²) in [6, 6.07) is 23.7. The molecule has 240 valence electrons. The first-order valence-electron chi connectivity index (χ1n) is 15.9. The predicted molar refractivity (Wildman–Crippen MR) is 183 cm³/mol. The molecule has 2 atom stereocenters. The van der Waals surface area contributed by atoms with Crippen molar-refractivity contribution in [2.75, 3.05) is 26.3 Å². The lowest BCUT2D eigenvalue weighted by molar-refractivity contribution is -0.138. The zero-order valence-electron chi connectivity index (χ0n) is 26.2. The van der Waals surface area contributed by atoms with E-state index in [-0.39, 0.29) is 43.0 Å². The van der Waals surface area contributed by atoms with Crippen LogP contribution < -0.4 is 20.1 Å². The van der Waals surface area contributed by atoms with Gasteiger partial charge in [0.25, 0.3) is 5.91 Å². The zero-order valence-corrected chi connectivity index (χ0v) is 27.7. The Labute approximate surface area is 280 Å². The van der Waals surface area contributed by atoms with Gasteiger partial charge in [0.15, 0.2) is 5.75 Å². The summed E-state index contributed by atoms with van der Waals surface area (Å²) in [7, 11) is 0. The first-order valence-corrected chi connectivity index (χ1v) is 16.6. The molecule has 1 heterocycles. The molecule has 2 amide bonds. The Morgan fingerprint density at radius 3 is 2.37 bits per heavy atom. The second-order valence-corrected chi connectivity index (χ2v) is 13.1. The minimum Gasteiger partial charge on any atom is -0.490 e.